The van der Waals surface area contributed by atoms with Crippen molar-refractivity contribution in [2.45, 2.75) is 45.2 Å². The van der Waals surface area contributed by atoms with Crippen LogP contribution < -0.4 is 0 Å². The Morgan fingerprint density at radius 3 is 2.65 bits per heavy atom. The van der Waals surface area contributed by atoms with E-state index >= 15 is 0 Å². The average molecular weight is 283 g/mol. The van der Waals surface area contributed by atoms with E-state index < -0.39 is 11.9 Å². The molecule has 2 aliphatic rings. The molecule has 0 aliphatic heterocycles. The zero-order chi connectivity index (χ0) is 14.5. The monoisotopic (exact) mass is 283 g/mol. The van der Waals surface area contributed by atoms with Gasteiger partial charge in [-0.3, -0.25) is 0 Å². The first-order valence-electron chi connectivity index (χ1n) is 7.46. The number of hydrogen-bond acceptors (Lipinski definition) is 1. The van der Waals surface area contributed by atoms with Crippen LogP contribution in [0.3, 0.4) is 0 Å². The standard InChI is InChI=1S/C16H20F3N/c1-3-10-7-11(8-12-9(2)15(10)12)13-5-4-6-14(20-13)16(17,18)19/h4-6,9-12,15H,3,7-8H2,1-2H3. The molecule has 1 heterocycles. The molecular weight excluding hydrogens is 263 g/mol. The second kappa shape index (κ2) is 4.74. The van der Waals surface area contributed by atoms with Gasteiger partial charge in [0, 0.05) is 11.6 Å². The molecular formula is C16H20F3N. The SMILES string of the molecule is CCC1CC(c2cccc(C(F)(F)F)n2)CC2C(C)C12. The number of alkyl halides is 3. The second-order valence-corrected chi connectivity index (χ2v) is 6.38. The van der Waals surface area contributed by atoms with Crippen molar-refractivity contribution >= 4 is 0 Å². The Morgan fingerprint density at radius 1 is 1.25 bits per heavy atom. The van der Waals surface area contributed by atoms with Gasteiger partial charge in [0.1, 0.15) is 5.69 Å². The number of halogens is 3. The number of aromatic nitrogens is 1. The van der Waals surface area contributed by atoms with Crippen molar-refractivity contribution in [2.24, 2.45) is 23.7 Å². The Morgan fingerprint density at radius 2 is 2.00 bits per heavy atom. The van der Waals surface area contributed by atoms with Crippen LogP contribution in [0.4, 0.5) is 13.2 Å². The number of rotatable bonds is 2. The van der Waals surface area contributed by atoms with Gasteiger partial charge in [0.15, 0.2) is 0 Å². The van der Waals surface area contributed by atoms with Crippen LogP contribution in [0, 0.1) is 23.7 Å². The molecule has 1 aromatic heterocycles. The molecule has 0 N–H and O–H groups in total. The van der Waals surface area contributed by atoms with E-state index in [0.717, 1.165) is 37.2 Å². The van der Waals surface area contributed by atoms with E-state index in [1.807, 2.05) is 0 Å². The van der Waals surface area contributed by atoms with Gasteiger partial charge in [-0.1, -0.05) is 26.3 Å². The third-order valence-corrected chi connectivity index (χ3v) is 5.33. The van der Waals surface area contributed by atoms with Crippen molar-refractivity contribution in [3.05, 3.63) is 29.6 Å². The molecule has 20 heavy (non-hydrogen) atoms. The largest absolute Gasteiger partial charge is 0.433 e. The van der Waals surface area contributed by atoms with Crippen molar-refractivity contribution < 1.29 is 13.2 Å². The van der Waals surface area contributed by atoms with Gasteiger partial charge in [0.2, 0.25) is 0 Å². The third kappa shape index (κ3) is 2.33. The van der Waals surface area contributed by atoms with Crippen molar-refractivity contribution in [2.75, 3.05) is 0 Å². The Kier molecular flexibility index (Phi) is 3.30. The maximum atomic E-state index is 12.8. The first-order valence-corrected chi connectivity index (χ1v) is 7.46. The fourth-order valence-corrected chi connectivity index (χ4v) is 4.19. The normalized spacial score (nSPS) is 36.5. The highest BCUT2D eigenvalue weighted by atomic mass is 19.4. The summed E-state index contributed by atoms with van der Waals surface area (Å²) in [4.78, 5) is 3.89. The van der Waals surface area contributed by atoms with Crippen LogP contribution in [0.2, 0.25) is 0 Å². The number of pyridine rings is 1. The average Bonchev–Trinajstić information content (AvgIpc) is 3.08. The molecule has 1 aromatic rings. The summed E-state index contributed by atoms with van der Waals surface area (Å²) in [5.74, 6) is 3.12. The molecule has 110 valence electrons. The molecule has 0 aromatic carbocycles. The molecule has 0 saturated heterocycles. The summed E-state index contributed by atoms with van der Waals surface area (Å²) in [6, 6.07) is 4.32. The minimum atomic E-state index is -4.34. The van der Waals surface area contributed by atoms with Crippen molar-refractivity contribution in [3.63, 3.8) is 0 Å². The predicted octanol–water partition coefficient (Wildman–Crippen LogP) is 4.89. The molecule has 0 spiro atoms. The topological polar surface area (TPSA) is 12.9 Å². The Bertz CT molecular complexity index is 497. The van der Waals surface area contributed by atoms with Crippen LogP contribution in [-0.4, -0.2) is 4.98 Å². The number of fused-ring (bicyclic) bond motifs is 1. The van der Waals surface area contributed by atoms with Gasteiger partial charge in [-0.25, -0.2) is 4.98 Å². The van der Waals surface area contributed by atoms with E-state index in [2.05, 4.69) is 18.8 Å². The Labute approximate surface area is 117 Å². The van der Waals surface area contributed by atoms with E-state index in [1.54, 1.807) is 6.07 Å². The zero-order valence-corrected chi connectivity index (χ0v) is 11.8. The molecule has 4 heteroatoms. The molecule has 2 aliphatic carbocycles. The molecule has 0 amide bonds. The van der Waals surface area contributed by atoms with E-state index in [1.165, 1.54) is 6.07 Å². The maximum Gasteiger partial charge on any atom is 0.433 e. The first-order chi connectivity index (χ1) is 9.41. The molecule has 3 rings (SSSR count). The number of hydrogen-bond donors (Lipinski definition) is 0. The Hall–Kier alpha value is -1.06. The summed E-state index contributed by atoms with van der Waals surface area (Å²) in [6.07, 6.45) is -1.21. The van der Waals surface area contributed by atoms with Crippen LogP contribution in [0.1, 0.15) is 50.4 Å². The maximum absolute atomic E-state index is 12.8. The van der Waals surface area contributed by atoms with E-state index in [-0.39, 0.29) is 5.92 Å². The van der Waals surface area contributed by atoms with Crippen LogP contribution in [0.15, 0.2) is 18.2 Å². The van der Waals surface area contributed by atoms with Crippen molar-refractivity contribution in [3.8, 4) is 0 Å². The molecule has 1 nitrogen and oxygen atoms in total. The summed E-state index contributed by atoms with van der Waals surface area (Å²) in [7, 11) is 0. The van der Waals surface area contributed by atoms with Gasteiger partial charge in [-0.05, 0) is 48.6 Å². The number of nitrogens with zero attached hydrogens (tertiary/aromatic N) is 1. The van der Waals surface area contributed by atoms with Gasteiger partial charge in [-0.15, -0.1) is 0 Å². The first kappa shape index (κ1) is 13.9. The van der Waals surface area contributed by atoms with E-state index in [0.29, 0.717) is 17.5 Å². The third-order valence-electron chi connectivity index (χ3n) is 5.33. The lowest BCUT2D eigenvalue weighted by Gasteiger charge is -2.28. The van der Waals surface area contributed by atoms with Gasteiger partial charge >= 0.3 is 6.18 Å². The smallest absolute Gasteiger partial charge is 0.248 e. The quantitative estimate of drug-likeness (QED) is 0.753. The van der Waals surface area contributed by atoms with Crippen molar-refractivity contribution in [1.29, 1.82) is 0 Å². The molecule has 0 bridgehead atoms. The van der Waals surface area contributed by atoms with E-state index in [9.17, 15) is 13.2 Å². The summed E-state index contributed by atoms with van der Waals surface area (Å²) < 4.78 is 38.3. The molecule has 2 saturated carbocycles. The fraction of sp³-hybridized carbons (Fsp3) is 0.688. The van der Waals surface area contributed by atoms with Gasteiger partial charge in [0.25, 0.3) is 0 Å². The van der Waals surface area contributed by atoms with Crippen LogP contribution in [0.5, 0.6) is 0 Å². The van der Waals surface area contributed by atoms with Crippen molar-refractivity contribution in [1.82, 2.24) is 4.98 Å². The fourth-order valence-electron chi connectivity index (χ4n) is 4.19. The van der Waals surface area contributed by atoms with E-state index in [4.69, 9.17) is 0 Å². The highest BCUT2D eigenvalue weighted by molar-refractivity contribution is 5.19. The highest BCUT2D eigenvalue weighted by Crippen LogP contribution is 2.61. The molecule has 2 fully saturated rings. The minimum absolute atomic E-state index is 0.202. The van der Waals surface area contributed by atoms with Gasteiger partial charge in [0.05, 0.1) is 0 Å². The lowest BCUT2D eigenvalue weighted by molar-refractivity contribution is -0.141. The summed E-state index contributed by atoms with van der Waals surface area (Å²) in [5, 5.41) is 0. The van der Waals surface area contributed by atoms with Gasteiger partial charge in [-0.2, -0.15) is 13.2 Å². The molecule has 5 unspecified atom stereocenters. The van der Waals surface area contributed by atoms with Crippen LogP contribution >= 0.6 is 0 Å². The van der Waals surface area contributed by atoms with Gasteiger partial charge < -0.3 is 0 Å². The molecule has 5 atom stereocenters. The summed E-state index contributed by atoms with van der Waals surface area (Å²) >= 11 is 0. The zero-order valence-electron chi connectivity index (χ0n) is 11.8. The second-order valence-electron chi connectivity index (χ2n) is 6.38. The predicted molar refractivity (Wildman–Crippen MR) is 71.1 cm³/mol. The summed E-state index contributed by atoms with van der Waals surface area (Å²) in [6.45, 7) is 4.47. The van der Waals surface area contributed by atoms with Crippen LogP contribution in [0.25, 0.3) is 0 Å². The summed E-state index contributed by atoms with van der Waals surface area (Å²) in [5.41, 5.74) is -0.121. The minimum Gasteiger partial charge on any atom is -0.248 e. The highest BCUT2D eigenvalue weighted by Gasteiger charge is 2.54. The lowest BCUT2D eigenvalue weighted by atomic mass is 9.78. The lowest BCUT2D eigenvalue weighted by Crippen LogP contribution is -2.18. The van der Waals surface area contributed by atoms with Crippen LogP contribution in [-0.2, 0) is 6.18 Å². The molecule has 0 radical (unpaired) electrons. The Balaban J connectivity index is 1.83.